The molecule has 3 rings (SSSR count). The number of aromatic nitrogens is 1. The lowest BCUT2D eigenvalue weighted by Gasteiger charge is -2.06. The van der Waals surface area contributed by atoms with Crippen LogP contribution in [0, 0.1) is 11.3 Å². The molecule has 0 aliphatic heterocycles. The smallest absolute Gasteiger partial charge is 0.0998 e. The van der Waals surface area contributed by atoms with E-state index < -0.39 is 0 Å². The zero-order valence-corrected chi connectivity index (χ0v) is 11.8. The van der Waals surface area contributed by atoms with Crippen LogP contribution in [0.2, 0.25) is 0 Å². The van der Waals surface area contributed by atoms with Crippen LogP contribution >= 0.6 is 15.9 Å². The van der Waals surface area contributed by atoms with Crippen molar-refractivity contribution >= 4 is 26.8 Å². The third-order valence-electron chi connectivity index (χ3n) is 3.20. The Kier molecular flexibility index (Phi) is 3.10. The van der Waals surface area contributed by atoms with Gasteiger partial charge in [0.1, 0.15) is 0 Å². The summed E-state index contributed by atoms with van der Waals surface area (Å²) < 4.78 is 3.25. The van der Waals surface area contributed by atoms with Crippen molar-refractivity contribution in [3.63, 3.8) is 0 Å². The molecule has 0 unspecified atom stereocenters. The van der Waals surface area contributed by atoms with Crippen molar-refractivity contribution < 1.29 is 0 Å². The van der Waals surface area contributed by atoms with Gasteiger partial charge in [0, 0.05) is 28.1 Å². The average Bonchev–Trinajstić information content (AvgIpc) is 2.84. The zero-order valence-electron chi connectivity index (χ0n) is 10.2. The Morgan fingerprint density at radius 2 is 1.84 bits per heavy atom. The summed E-state index contributed by atoms with van der Waals surface area (Å²) in [5, 5.41) is 10.1. The van der Waals surface area contributed by atoms with E-state index in [4.69, 9.17) is 5.26 Å². The van der Waals surface area contributed by atoms with E-state index in [0.29, 0.717) is 0 Å². The Hall–Kier alpha value is -2.05. The maximum absolute atomic E-state index is 9.10. The first-order valence-corrected chi connectivity index (χ1v) is 6.79. The molecule has 3 heteroatoms. The quantitative estimate of drug-likeness (QED) is 0.693. The lowest BCUT2D eigenvalue weighted by molar-refractivity contribution is 0.836. The first-order valence-electron chi connectivity index (χ1n) is 6.00. The van der Waals surface area contributed by atoms with E-state index >= 15 is 0 Å². The molecule has 19 heavy (non-hydrogen) atoms. The maximum atomic E-state index is 9.10. The normalized spacial score (nSPS) is 10.5. The second kappa shape index (κ2) is 4.91. The molecule has 1 aromatic heterocycles. The largest absolute Gasteiger partial charge is 0.343 e. The number of fused-ring (bicyclic) bond motifs is 1. The highest BCUT2D eigenvalue weighted by atomic mass is 79.9. The van der Waals surface area contributed by atoms with E-state index in [1.54, 1.807) is 0 Å². The van der Waals surface area contributed by atoms with Crippen LogP contribution in [0.25, 0.3) is 10.9 Å². The molecule has 0 amide bonds. The molecule has 0 aliphatic carbocycles. The highest BCUT2D eigenvalue weighted by Crippen LogP contribution is 2.21. The highest BCUT2D eigenvalue weighted by molar-refractivity contribution is 9.10. The molecule has 0 bridgehead atoms. The molecule has 0 fully saturated rings. The van der Waals surface area contributed by atoms with Crippen molar-refractivity contribution in [3.8, 4) is 6.07 Å². The van der Waals surface area contributed by atoms with Crippen LogP contribution in [0.3, 0.4) is 0 Å². The van der Waals surface area contributed by atoms with Crippen molar-refractivity contribution in [2.75, 3.05) is 0 Å². The van der Waals surface area contributed by atoms with Crippen LogP contribution in [-0.4, -0.2) is 4.57 Å². The second-order valence-electron chi connectivity index (χ2n) is 4.42. The van der Waals surface area contributed by atoms with Crippen LogP contribution in [0.4, 0.5) is 0 Å². The zero-order chi connectivity index (χ0) is 13.2. The van der Waals surface area contributed by atoms with Crippen molar-refractivity contribution in [1.82, 2.24) is 4.57 Å². The number of halogens is 1. The van der Waals surface area contributed by atoms with E-state index in [9.17, 15) is 0 Å². The Balaban J connectivity index is 2.02. The van der Waals surface area contributed by atoms with Gasteiger partial charge in [0.25, 0.3) is 0 Å². The number of nitriles is 1. The molecule has 0 spiro atoms. The maximum Gasteiger partial charge on any atom is 0.0998 e. The molecule has 2 nitrogen and oxygen atoms in total. The minimum absolute atomic E-state index is 0.729. The molecule has 0 saturated heterocycles. The van der Waals surface area contributed by atoms with Crippen molar-refractivity contribution in [1.29, 1.82) is 5.26 Å². The van der Waals surface area contributed by atoms with Crippen LogP contribution in [0.5, 0.6) is 0 Å². The fraction of sp³-hybridized carbons (Fsp3) is 0.0625. The minimum Gasteiger partial charge on any atom is -0.343 e. The summed E-state index contributed by atoms with van der Waals surface area (Å²) in [4.78, 5) is 0. The minimum atomic E-state index is 0.729. The van der Waals surface area contributed by atoms with Gasteiger partial charge in [-0.05, 0) is 35.9 Å². The molecule has 0 atom stereocenters. The first-order chi connectivity index (χ1) is 9.28. The standard InChI is InChI=1S/C16H11BrN2/c17-14-6-4-12(5-7-14)11-19-9-8-15-13(10-18)2-1-3-16(15)19/h1-9H,11H2. The summed E-state index contributed by atoms with van der Waals surface area (Å²) >= 11 is 3.44. The van der Waals surface area contributed by atoms with E-state index in [2.05, 4.69) is 44.8 Å². The summed E-state index contributed by atoms with van der Waals surface area (Å²) in [6, 6.07) is 18.4. The second-order valence-corrected chi connectivity index (χ2v) is 5.34. The van der Waals surface area contributed by atoms with Crippen molar-refractivity contribution in [3.05, 3.63) is 70.3 Å². The average molecular weight is 311 g/mol. The Bertz CT molecular complexity index is 764. The predicted octanol–water partition coefficient (Wildman–Crippen LogP) is 4.32. The van der Waals surface area contributed by atoms with E-state index in [0.717, 1.165) is 27.5 Å². The molecule has 0 aliphatic rings. The van der Waals surface area contributed by atoms with Gasteiger partial charge in [-0.1, -0.05) is 34.1 Å². The monoisotopic (exact) mass is 310 g/mol. The third kappa shape index (κ3) is 2.27. The lowest BCUT2D eigenvalue weighted by atomic mass is 10.1. The van der Waals surface area contributed by atoms with Gasteiger partial charge < -0.3 is 4.57 Å². The van der Waals surface area contributed by atoms with Crippen LogP contribution in [-0.2, 0) is 6.54 Å². The van der Waals surface area contributed by atoms with Gasteiger partial charge in [-0.3, -0.25) is 0 Å². The van der Waals surface area contributed by atoms with Crippen molar-refractivity contribution in [2.45, 2.75) is 6.54 Å². The summed E-state index contributed by atoms with van der Waals surface area (Å²) in [5.74, 6) is 0. The topological polar surface area (TPSA) is 28.7 Å². The molecule has 0 saturated carbocycles. The van der Waals surface area contributed by atoms with E-state index in [-0.39, 0.29) is 0 Å². The summed E-state index contributed by atoms with van der Waals surface area (Å²) in [6.07, 6.45) is 2.04. The van der Waals surface area contributed by atoms with E-state index in [1.165, 1.54) is 5.56 Å². The molecule has 2 aromatic carbocycles. The third-order valence-corrected chi connectivity index (χ3v) is 3.73. The van der Waals surface area contributed by atoms with E-state index in [1.807, 2.05) is 36.5 Å². The summed E-state index contributed by atoms with van der Waals surface area (Å²) in [7, 11) is 0. The molecule has 92 valence electrons. The van der Waals surface area contributed by atoms with Gasteiger partial charge in [-0.25, -0.2) is 0 Å². The Morgan fingerprint density at radius 3 is 2.58 bits per heavy atom. The van der Waals surface area contributed by atoms with Crippen molar-refractivity contribution in [2.24, 2.45) is 0 Å². The number of nitrogens with zero attached hydrogens (tertiary/aromatic N) is 2. The fourth-order valence-electron chi connectivity index (χ4n) is 2.25. The van der Waals surface area contributed by atoms with Gasteiger partial charge in [0.05, 0.1) is 11.6 Å². The molecule has 1 heterocycles. The molecular formula is C16H11BrN2. The van der Waals surface area contributed by atoms with Crippen LogP contribution < -0.4 is 0 Å². The van der Waals surface area contributed by atoms with Gasteiger partial charge in [-0.15, -0.1) is 0 Å². The van der Waals surface area contributed by atoms with Crippen LogP contribution in [0.15, 0.2) is 59.2 Å². The SMILES string of the molecule is N#Cc1cccc2c1ccn2Cc1ccc(Br)cc1. The van der Waals surface area contributed by atoms with Gasteiger partial charge in [0.2, 0.25) is 0 Å². The van der Waals surface area contributed by atoms with Gasteiger partial charge >= 0.3 is 0 Å². The Labute approximate surface area is 120 Å². The summed E-state index contributed by atoms with van der Waals surface area (Å²) in [5.41, 5.74) is 3.07. The van der Waals surface area contributed by atoms with Gasteiger partial charge in [-0.2, -0.15) is 5.26 Å². The number of hydrogen-bond acceptors (Lipinski definition) is 1. The fourth-order valence-corrected chi connectivity index (χ4v) is 2.51. The number of rotatable bonds is 2. The number of hydrogen-bond donors (Lipinski definition) is 0. The van der Waals surface area contributed by atoms with Crippen LogP contribution in [0.1, 0.15) is 11.1 Å². The first kappa shape index (κ1) is 12.0. The Morgan fingerprint density at radius 1 is 1.05 bits per heavy atom. The molecule has 0 N–H and O–H groups in total. The number of benzene rings is 2. The molecule has 0 radical (unpaired) electrons. The summed E-state index contributed by atoms with van der Waals surface area (Å²) in [6.45, 7) is 0.811. The predicted molar refractivity (Wildman–Crippen MR) is 79.9 cm³/mol. The molecule has 3 aromatic rings. The highest BCUT2D eigenvalue weighted by Gasteiger charge is 2.05. The molecular weight excluding hydrogens is 300 g/mol. The van der Waals surface area contributed by atoms with Gasteiger partial charge in [0.15, 0.2) is 0 Å². The lowest BCUT2D eigenvalue weighted by Crippen LogP contribution is -1.97.